The molecule has 0 saturated heterocycles. The lowest BCUT2D eigenvalue weighted by Gasteiger charge is -1.95. The molecule has 0 aromatic carbocycles. The normalized spacial score (nSPS) is 10.6. The first-order valence-electron chi connectivity index (χ1n) is 4.79. The van der Waals surface area contributed by atoms with Gasteiger partial charge in [-0.05, 0) is 6.92 Å². The van der Waals surface area contributed by atoms with Crippen LogP contribution in [0.4, 0.5) is 0 Å². The van der Waals surface area contributed by atoms with Gasteiger partial charge in [0.15, 0.2) is 0 Å². The molecule has 0 atom stereocenters. The van der Waals surface area contributed by atoms with Crippen LogP contribution < -0.4 is 5.73 Å². The molecule has 0 radical (unpaired) electrons. The third-order valence-corrected chi connectivity index (χ3v) is 1.75. The lowest BCUT2D eigenvalue weighted by atomic mass is 10.3. The summed E-state index contributed by atoms with van der Waals surface area (Å²) in [5.41, 5.74) is 5.40. The molecule has 0 aliphatic rings. The Hall–Kier alpha value is -2.11. The Morgan fingerprint density at radius 3 is 2.94 bits per heavy atom. The summed E-state index contributed by atoms with van der Waals surface area (Å²) >= 11 is 0. The highest BCUT2D eigenvalue weighted by atomic mass is 16.5. The molecule has 6 nitrogen and oxygen atoms in total. The van der Waals surface area contributed by atoms with Gasteiger partial charge in [0.05, 0.1) is 24.9 Å². The van der Waals surface area contributed by atoms with Crippen LogP contribution in [0, 0.1) is 0 Å². The summed E-state index contributed by atoms with van der Waals surface area (Å²) in [5, 5.41) is 3.89. The van der Waals surface area contributed by atoms with Crippen molar-refractivity contribution in [3.8, 4) is 0 Å². The summed E-state index contributed by atoms with van der Waals surface area (Å²) in [7, 11) is 0. The van der Waals surface area contributed by atoms with Gasteiger partial charge in [-0.15, -0.1) is 0 Å². The van der Waals surface area contributed by atoms with Crippen LogP contribution in [0.3, 0.4) is 0 Å². The van der Waals surface area contributed by atoms with Crippen molar-refractivity contribution in [2.24, 2.45) is 5.73 Å². The molecule has 0 spiro atoms. The number of rotatable bonds is 5. The minimum Gasteiger partial charge on any atom is -0.463 e. The van der Waals surface area contributed by atoms with Crippen LogP contribution in [0.2, 0.25) is 0 Å². The number of carbonyl (C=O) groups excluding carboxylic acids is 2. The lowest BCUT2D eigenvalue weighted by molar-refractivity contribution is -0.137. The van der Waals surface area contributed by atoms with Gasteiger partial charge in [-0.3, -0.25) is 9.48 Å². The third kappa shape index (κ3) is 3.56. The van der Waals surface area contributed by atoms with E-state index in [-0.39, 0.29) is 0 Å². The number of aromatic nitrogens is 2. The quantitative estimate of drug-likeness (QED) is 0.566. The van der Waals surface area contributed by atoms with E-state index in [0.29, 0.717) is 18.7 Å². The van der Waals surface area contributed by atoms with Crippen LogP contribution in [0.25, 0.3) is 0 Å². The van der Waals surface area contributed by atoms with Gasteiger partial charge in [0.25, 0.3) is 5.91 Å². The molecular formula is C10H13N3O3. The number of carbonyl (C=O) groups is 2. The van der Waals surface area contributed by atoms with Crippen LogP contribution in [-0.4, -0.2) is 28.3 Å². The molecule has 86 valence electrons. The smallest absolute Gasteiger partial charge is 0.330 e. The van der Waals surface area contributed by atoms with E-state index in [1.165, 1.54) is 23.2 Å². The topological polar surface area (TPSA) is 87.2 Å². The molecule has 16 heavy (non-hydrogen) atoms. The zero-order valence-electron chi connectivity index (χ0n) is 8.92. The van der Waals surface area contributed by atoms with E-state index in [9.17, 15) is 9.59 Å². The van der Waals surface area contributed by atoms with E-state index >= 15 is 0 Å². The molecule has 1 heterocycles. The summed E-state index contributed by atoms with van der Waals surface area (Å²) in [5.74, 6) is -0.926. The minimum atomic E-state index is -0.527. The molecular weight excluding hydrogens is 210 g/mol. The maximum Gasteiger partial charge on any atom is 0.330 e. The maximum absolute atomic E-state index is 10.9. The standard InChI is InChI=1S/C10H13N3O3/c1-2-16-9(14)4-3-5-13-7-8(6-12-13)10(11)15/h3-4,6-7H,2,5H2,1H3,(H2,11,15)/b4-3+. The van der Waals surface area contributed by atoms with Crippen molar-refractivity contribution in [1.82, 2.24) is 9.78 Å². The van der Waals surface area contributed by atoms with Crippen LogP contribution >= 0.6 is 0 Å². The molecule has 1 rings (SSSR count). The van der Waals surface area contributed by atoms with E-state index in [0.717, 1.165) is 0 Å². The monoisotopic (exact) mass is 223 g/mol. The first kappa shape index (κ1) is 12.0. The first-order chi connectivity index (χ1) is 7.63. The average molecular weight is 223 g/mol. The number of hydrogen-bond acceptors (Lipinski definition) is 4. The maximum atomic E-state index is 10.9. The largest absolute Gasteiger partial charge is 0.463 e. The van der Waals surface area contributed by atoms with E-state index in [4.69, 9.17) is 10.5 Å². The number of amides is 1. The average Bonchev–Trinajstić information content (AvgIpc) is 2.67. The number of allylic oxidation sites excluding steroid dienone is 1. The van der Waals surface area contributed by atoms with Crippen LogP contribution in [-0.2, 0) is 16.1 Å². The fourth-order valence-electron chi connectivity index (χ4n) is 1.04. The Kier molecular flexibility index (Phi) is 4.26. The molecule has 1 aromatic rings. The van der Waals surface area contributed by atoms with Gasteiger partial charge >= 0.3 is 5.97 Å². The van der Waals surface area contributed by atoms with Crippen LogP contribution in [0.5, 0.6) is 0 Å². The number of nitrogens with two attached hydrogens (primary N) is 1. The van der Waals surface area contributed by atoms with Crippen molar-refractivity contribution in [1.29, 1.82) is 0 Å². The number of primary amides is 1. The summed E-state index contributed by atoms with van der Waals surface area (Å²) in [6.45, 7) is 2.46. The number of nitrogens with zero attached hydrogens (tertiary/aromatic N) is 2. The van der Waals surface area contributed by atoms with E-state index in [1.807, 2.05) is 0 Å². The van der Waals surface area contributed by atoms with E-state index < -0.39 is 11.9 Å². The predicted molar refractivity (Wildman–Crippen MR) is 56.5 cm³/mol. The lowest BCUT2D eigenvalue weighted by Crippen LogP contribution is -2.09. The SMILES string of the molecule is CCOC(=O)/C=C/Cn1cc(C(N)=O)cn1. The van der Waals surface area contributed by atoms with Crippen molar-refractivity contribution in [3.05, 3.63) is 30.1 Å². The zero-order valence-corrected chi connectivity index (χ0v) is 8.92. The third-order valence-electron chi connectivity index (χ3n) is 1.75. The highest BCUT2D eigenvalue weighted by Crippen LogP contribution is 1.96. The Labute approximate surface area is 92.7 Å². The van der Waals surface area contributed by atoms with Crippen molar-refractivity contribution >= 4 is 11.9 Å². The van der Waals surface area contributed by atoms with Gasteiger partial charge in [-0.25, -0.2) is 4.79 Å². The summed E-state index contributed by atoms with van der Waals surface area (Å²) in [6, 6.07) is 0. The molecule has 6 heteroatoms. The van der Waals surface area contributed by atoms with Gasteiger partial charge in [0.2, 0.25) is 0 Å². The van der Waals surface area contributed by atoms with Crippen molar-refractivity contribution in [3.63, 3.8) is 0 Å². The zero-order chi connectivity index (χ0) is 12.0. The molecule has 0 aliphatic heterocycles. The molecule has 1 aromatic heterocycles. The highest BCUT2D eigenvalue weighted by molar-refractivity contribution is 5.92. The molecule has 2 N–H and O–H groups in total. The van der Waals surface area contributed by atoms with Gasteiger partial charge in [-0.1, -0.05) is 6.08 Å². The van der Waals surface area contributed by atoms with Crippen molar-refractivity contribution in [2.45, 2.75) is 13.5 Å². The number of ether oxygens (including phenoxy) is 1. The van der Waals surface area contributed by atoms with Crippen LogP contribution in [0.15, 0.2) is 24.5 Å². The first-order valence-corrected chi connectivity index (χ1v) is 4.79. The highest BCUT2D eigenvalue weighted by Gasteiger charge is 2.02. The summed E-state index contributed by atoms with van der Waals surface area (Å²) in [6.07, 6.45) is 5.79. The Morgan fingerprint density at radius 1 is 1.62 bits per heavy atom. The van der Waals surface area contributed by atoms with Crippen LogP contribution in [0.1, 0.15) is 17.3 Å². The molecule has 1 amide bonds. The van der Waals surface area contributed by atoms with E-state index in [2.05, 4.69) is 5.10 Å². The Morgan fingerprint density at radius 2 is 2.38 bits per heavy atom. The van der Waals surface area contributed by atoms with Gasteiger partial charge < -0.3 is 10.5 Å². The second-order valence-electron chi connectivity index (χ2n) is 2.97. The van der Waals surface area contributed by atoms with Gasteiger partial charge in [0.1, 0.15) is 0 Å². The fourth-order valence-corrected chi connectivity index (χ4v) is 1.04. The number of hydrogen-bond donors (Lipinski definition) is 1. The van der Waals surface area contributed by atoms with Crippen molar-refractivity contribution < 1.29 is 14.3 Å². The molecule has 0 aliphatic carbocycles. The second kappa shape index (κ2) is 5.69. The molecule has 0 unspecified atom stereocenters. The van der Waals surface area contributed by atoms with Gasteiger partial charge in [0, 0.05) is 12.3 Å². The second-order valence-corrected chi connectivity index (χ2v) is 2.97. The van der Waals surface area contributed by atoms with Gasteiger partial charge in [-0.2, -0.15) is 5.10 Å². The molecule has 0 bridgehead atoms. The number of esters is 1. The summed E-state index contributed by atoms with van der Waals surface area (Å²) in [4.78, 5) is 21.7. The Bertz CT molecular complexity index is 409. The Balaban J connectivity index is 2.48. The van der Waals surface area contributed by atoms with E-state index in [1.54, 1.807) is 13.0 Å². The molecule has 0 fully saturated rings. The van der Waals surface area contributed by atoms with Crippen molar-refractivity contribution in [2.75, 3.05) is 6.61 Å². The minimum absolute atomic E-state index is 0.338. The summed E-state index contributed by atoms with van der Waals surface area (Å²) < 4.78 is 6.19. The molecule has 0 saturated carbocycles. The fraction of sp³-hybridized carbons (Fsp3) is 0.300. The predicted octanol–water partition coefficient (Wildman–Crippen LogP) is 0.101.